The number of carbonyl (C=O) groups is 1. The molecule has 1 aromatic carbocycles. The second-order valence-corrected chi connectivity index (χ2v) is 5.62. The third kappa shape index (κ3) is 4.73. The van der Waals surface area contributed by atoms with Gasteiger partial charge in [-0.2, -0.15) is 0 Å². The van der Waals surface area contributed by atoms with E-state index in [9.17, 15) is 4.79 Å². The van der Waals surface area contributed by atoms with Crippen LogP contribution >= 0.6 is 11.8 Å². The molecule has 0 bridgehead atoms. The van der Waals surface area contributed by atoms with E-state index in [0.29, 0.717) is 12.3 Å². The van der Waals surface area contributed by atoms with Gasteiger partial charge >= 0.3 is 0 Å². The van der Waals surface area contributed by atoms with E-state index in [1.54, 1.807) is 7.11 Å². The summed E-state index contributed by atoms with van der Waals surface area (Å²) < 4.78 is 5.20. The number of nitrogens with one attached hydrogen (secondary N) is 1. The van der Waals surface area contributed by atoms with Gasteiger partial charge in [-0.15, -0.1) is 10.2 Å². The van der Waals surface area contributed by atoms with Crippen molar-refractivity contribution in [3.8, 4) is 17.0 Å². The van der Waals surface area contributed by atoms with Crippen LogP contribution in [0.4, 0.5) is 0 Å². The van der Waals surface area contributed by atoms with E-state index in [1.807, 2.05) is 43.3 Å². The van der Waals surface area contributed by atoms with Crippen molar-refractivity contribution in [1.29, 1.82) is 0 Å². The van der Waals surface area contributed by atoms with Crippen molar-refractivity contribution in [2.75, 3.05) is 19.4 Å². The number of hydrogen-bond acceptors (Lipinski definition) is 5. The lowest BCUT2D eigenvalue weighted by Crippen LogP contribution is -2.25. The molecule has 2 rings (SSSR count). The average Bonchev–Trinajstić information content (AvgIpc) is 2.58. The minimum absolute atomic E-state index is 0.0190. The lowest BCUT2D eigenvalue weighted by atomic mass is 10.1. The average molecular weight is 317 g/mol. The molecule has 0 saturated carbocycles. The molecule has 116 valence electrons. The molecule has 1 heterocycles. The number of ether oxygens (including phenoxy) is 1. The van der Waals surface area contributed by atoms with Crippen molar-refractivity contribution in [1.82, 2.24) is 15.5 Å². The highest BCUT2D eigenvalue weighted by Crippen LogP contribution is 2.23. The van der Waals surface area contributed by atoms with E-state index in [1.165, 1.54) is 11.8 Å². The molecule has 0 aliphatic carbocycles. The van der Waals surface area contributed by atoms with E-state index in [0.717, 1.165) is 28.5 Å². The minimum atomic E-state index is 0.0190. The molecule has 0 spiro atoms. The van der Waals surface area contributed by atoms with Crippen molar-refractivity contribution in [3.63, 3.8) is 0 Å². The van der Waals surface area contributed by atoms with Gasteiger partial charge in [0.05, 0.1) is 18.6 Å². The molecule has 6 heteroatoms. The standard InChI is InChI=1S/C16H19N3O2S/c1-3-9-17-15(20)11-22-16-8-7-14(18-19-16)12-5-4-6-13(10-12)21-2/h4-8,10H,3,9,11H2,1-2H3,(H,17,20). The van der Waals surface area contributed by atoms with Gasteiger partial charge in [0.1, 0.15) is 10.8 Å². The zero-order chi connectivity index (χ0) is 15.8. The molecule has 0 unspecified atom stereocenters. The maximum atomic E-state index is 11.5. The first-order valence-corrected chi connectivity index (χ1v) is 8.09. The normalized spacial score (nSPS) is 10.3. The Balaban J connectivity index is 1.96. The van der Waals surface area contributed by atoms with Gasteiger partial charge in [-0.05, 0) is 30.7 Å². The Kier molecular flexibility index (Phi) is 6.21. The highest BCUT2D eigenvalue weighted by molar-refractivity contribution is 7.99. The van der Waals surface area contributed by atoms with Crippen molar-refractivity contribution in [2.45, 2.75) is 18.4 Å². The highest BCUT2D eigenvalue weighted by atomic mass is 32.2. The first kappa shape index (κ1) is 16.3. The Morgan fingerprint density at radius 3 is 2.82 bits per heavy atom. The third-order valence-electron chi connectivity index (χ3n) is 2.93. The van der Waals surface area contributed by atoms with Crippen LogP contribution in [0.5, 0.6) is 5.75 Å². The summed E-state index contributed by atoms with van der Waals surface area (Å²) in [4.78, 5) is 11.5. The quantitative estimate of drug-likeness (QED) is 0.796. The van der Waals surface area contributed by atoms with Crippen LogP contribution in [0.1, 0.15) is 13.3 Å². The monoisotopic (exact) mass is 317 g/mol. The molecular weight excluding hydrogens is 298 g/mol. The summed E-state index contributed by atoms with van der Waals surface area (Å²) in [5.41, 5.74) is 1.72. The van der Waals surface area contributed by atoms with Crippen LogP contribution < -0.4 is 10.1 Å². The Labute approximate surface area is 134 Å². The van der Waals surface area contributed by atoms with Crippen molar-refractivity contribution < 1.29 is 9.53 Å². The molecule has 0 saturated heterocycles. The molecule has 5 nitrogen and oxygen atoms in total. The Morgan fingerprint density at radius 1 is 1.27 bits per heavy atom. The Bertz CT molecular complexity index is 617. The number of rotatable bonds is 7. The van der Waals surface area contributed by atoms with Crippen LogP contribution in [0.25, 0.3) is 11.3 Å². The summed E-state index contributed by atoms with van der Waals surface area (Å²) in [6.07, 6.45) is 0.936. The largest absolute Gasteiger partial charge is 0.497 e. The Hall–Kier alpha value is -2.08. The van der Waals surface area contributed by atoms with Crippen molar-refractivity contribution in [3.05, 3.63) is 36.4 Å². The van der Waals surface area contributed by atoms with Crippen molar-refractivity contribution in [2.24, 2.45) is 0 Å². The molecule has 2 aromatic rings. The molecule has 1 amide bonds. The van der Waals surface area contributed by atoms with Gasteiger partial charge in [-0.1, -0.05) is 30.8 Å². The van der Waals surface area contributed by atoms with Crippen LogP contribution in [0.3, 0.4) is 0 Å². The van der Waals surface area contributed by atoms with E-state index >= 15 is 0 Å². The zero-order valence-electron chi connectivity index (χ0n) is 12.7. The molecule has 1 aromatic heterocycles. The van der Waals surface area contributed by atoms with Gasteiger partial charge in [-0.3, -0.25) is 4.79 Å². The summed E-state index contributed by atoms with van der Waals surface area (Å²) >= 11 is 1.38. The van der Waals surface area contributed by atoms with Gasteiger partial charge in [0, 0.05) is 12.1 Å². The lowest BCUT2D eigenvalue weighted by molar-refractivity contribution is -0.118. The van der Waals surface area contributed by atoms with E-state index in [4.69, 9.17) is 4.74 Å². The molecule has 1 N–H and O–H groups in total. The first-order chi connectivity index (χ1) is 10.7. The molecular formula is C16H19N3O2S. The summed E-state index contributed by atoms with van der Waals surface area (Å²) in [6, 6.07) is 11.4. The predicted octanol–water partition coefficient (Wildman–Crippen LogP) is 2.77. The van der Waals surface area contributed by atoms with Crippen LogP contribution in [0.2, 0.25) is 0 Å². The first-order valence-electron chi connectivity index (χ1n) is 7.10. The van der Waals surface area contributed by atoms with E-state index < -0.39 is 0 Å². The van der Waals surface area contributed by atoms with Gasteiger partial charge < -0.3 is 10.1 Å². The number of aromatic nitrogens is 2. The van der Waals surface area contributed by atoms with Gasteiger partial charge in [-0.25, -0.2) is 0 Å². The van der Waals surface area contributed by atoms with Crippen LogP contribution in [-0.4, -0.2) is 35.5 Å². The Morgan fingerprint density at radius 2 is 2.14 bits per heavy atom. The molecule has 0 fully saturated rings. The predicted molar refractivity (Wildman–Crippen MR) is 88.0 cm³/mol. The van der Waals surface area contributed by atoms with Crippen LogP contribution in [-0.2, 0) is 4.79 Å². The number of amides is 1. The SMILES string of the molecule is CCCNC(=O)CSc1ccc(-c2cccc(OC)c2)nn1. The summed E-state index contributed by atoms with van der Waals surface area (Å²) in [5, 5.41) is 11.9. The van der Waals surface area contributed by atoms with E-state index in [-0.39, 0.29) is 5.91 Å². The molecule has 0 aliphatic rings. The number of hydrogen-bond donors (Lipinski definition) is 1. The second-order valence-electron chi connectivity index (χ2n) is 4.63. The lowest BCUT2D eigenvalue weighted by Gasteiger charge is -2.05. The van der Waals surface area contributed by atoms with Gasteiger partial charge in [0.15, 0.2) is 0 Å². The highest BCUT2D eigenvalue weighted by Gasteiger charge is 2.05. The maximum Gasteiger partial charge on any atom is 0.230 e. The second kappa shape index (κ2) is 8.38. The van der Waals surface area contributed by atoms with Gasteiger partial charge in [0.2, 0.25) is 5.91 Å². The fourth-order valence-corrected chi connectivity index (χ4v) is 2.43. The number of carbonyl (C=O) groups excluding carboxylic acids is 1. The zero-order valence-corrected chi connectivity index (χ0v) is 13.5. The number of benzene rings is 1. The fraction of sp³-hybridized carbons (Fsp3) is 0.312. The van der Waals surface area contributed by atoms with Gasteiger partial charge in [0.25, 0.3) is 0 Å². The minimum Gasteiger partial charge on any atom is -0.497 e. The molecule has 0 radical (unpaired) electrons. The van der Waals surface area contributed by atoms with Crippen molar-refractivity contribution >= 4 is 17.7 Å². The summed E-state index contributed by atoms with van der Waals surface area (Å²) in [7, 11) is 1.63. The van der Waals surface area contributed by atoms with Crippen LogP contribution in [0.15, 0.2) is 41.4 Å². The topological polar surface area (TPSA) is 64.1 Å². The molecule has 22 heavy (non-hydrogen) atoms. The van der Waals surface area contributed by atoms with E-state index in [2.05, 4.69) is 15.5 Å². The molecule has 0 aliphatic heterocycles. The number of thioether (sulfide) groups is 1. The fourth-order valence-electron chi connectivity index (χ4n) is 1.79. The summed E-state index contributed by atoms with van der Waals surface area (Å²) in [6.45, 7) is 2.73. The third-order valence-corrected chi connectivity index (χ3v) is 3.85. The van der Waals surface area contributed by atoms with Crippen LogP contribution in [0, 0.1) is 0 Å². The number of methoxy groups -OCH3 is 1. The smallest absolute Gasteiger partial charge is 0.230 e. The maximum absolute atomic E-state index is 11.5. The molecule has 0 atom stereocenters. The summed E-state index contributed by atoms with van der Waals surface area (Å²) in [5.74, 6) is 1.16. The number of nitrogens with zero attached hydrogens (tertiary/aromatic N) is 2.